The van der Waals surface area contributed by atoms with Gasteiger partial charge in [0.15, 0.2) is 0 Å². The van der Waals surface area contributed by atoms with Gasteiger partial charge in [-0.3, -0.25) is 0 Å². The average Bonchev–Trinajstić information content (AvgIpc) is 2.52. The molecule has 1 heterocycles. The predicted octanol–water partition coefficient (Wildman–Crippen LogP) is 2.54. The van der Waals surface area contributed by atoms with Gasteiger partial charge in [-0.05, 0) is 6.42 Å². The zero-order valence-corrected chi connectivity index (χ0v) is 8.00. The second-order valence-corrected chi connectivity index (χ2v) is 3.08. The molecule has 1 aromatic rings. The maximum Gasteiger partial charge on any atom is 0.219 e. The first kappa shape index (κ1) is 9.23. The maximum atomic E-state index is 5.42. The van der Waals surface area contributed by atoms with Gasteiger partial charge in [-0.25, -0.2) is 0 Å². The molecule has 0 bridgehead atoms. The Labute approximate surface area is 73.2 Å². The molecule has 68 valence electrons. The smallest absolute Gasteiger partial charge is 0.219 e. The van der Waals surface area contributed by atoms with Crippen molar-refractivity contribution in [3.63, 3.8) is 0 Å². The SMILES string of the molecule is CCCC(C)c1nnc(CC)o1. The molecule has 0 spiro atoms. The quantitative estimate of drug-likeness (QED) is 0.693. The van der Waals surface area contributed by atoms with Gasteiger partial charge in [0.05, 0.1) is 0 Å². The minimum Gasteiger partial charge on any atom is -0.425 e. The molecule has 3 nitrogen and oxygen atoms in total. The van der Waals surface area contributed by atoms with Crippen LogP contribution >= 0.6 is 0 Å². The van der Waals surface area contributed by atoms with Gasteiger partial charge in [0.1, 0.15) is 0 Å². The van der Waals surface area contributed by atoms with Crippen molar-refractivity contribution in [1.29, 1.82) is 0 Å². The summed E-state index contributed by atoms with van der Waals surface area (Å²) in [4.78, 5) is 0. The van der Waals surface area contributed by atoms with Gasteiger partial charge >= 0.3 is 0 Å². The van der Waals surface area contributed by atoms with Crippen molar-refractivity contribution in [2.24, 2.45) is 0 Å². The number of rotatable bonds is 4. The van der Waals surface area contributed by atoms with Crippen LogP contribution in [0.3, 0.4) is 0 Å². The molecule has 0 saturated carbocycles. The average molecular weight is 168 g/mol. The molecule has 12 heavy (non-hydrogen) atoms. The van der Waals surface area contributed by atoms with Crippen LogP contribution in [0, 0.1) is 0 Å². The van der Waals surface area contributed by atoms with Gasteiger partial charge in [-0.15, -0.1) is 10.2 Å². The van der Waals surface area contributed by atoms with Gasteiger partial charge in [0.25, 0.3) is 0 Å². The van der Waals surface area contributed by atoms with E-state index in [-0.39, 0.29) is 0 Å². The van der Waals surface area contributed by atoms with Crippen molar-refractivity contribution >= 4 is 0 Å². The van der Waals surface area contributed by atoms with E-state index in [9.17, 15) is 0 Å². The van der Waals surface area contributed by atoms with Crippen molar-refractivity contribution in [3.8, 4) is 0 Å². The first-order chi connectivity index (χ1) is 5.77. The van der Waals surface area contributed by atoms with Crippen molar-refractivity contribution in [2.45, 2.75) is 46.0 Å². The highest BCUT2D eigenvalue weighted by atomic mass is 16.4. The molecule has 1 rings (SSSR count). The fourth-order valence-corrected chi connectivity index (χ4v) is 1.17. The van der Waals surface area contributed by atoms with Crippen LogP contribution in [0.5, 0.6) is 0 Å². The molecule has 0 aromatic carbocycles. The zero-order chi connectivity index (χ0) is 8.97. The number of hydrogen-bond acceptors (Lipinski definition) is 3. The number of aryl methyl sites for hydroxylation is 1. The lowest BCUT2D eigenvalue weighted by Gasteiger charge is -2.02. The minimum absolute atomic E-state index is 0.405. The molecule has 0 aliphatic carbocycles. The Morgan fingerprint density at radius 2 is 2.08 bits per heavy atom. The Hall–Kier alpha value is -0.860. The van der Waals surface area contributed by atoms with E-state index in [1.165, 1.54) is 0 Å². The second kappa shape index (κ2) is 4.24. The highest BCUT2D eigenvalue weighted by Crippen LogP contribution is 2.18. The maximum absolute atomic E-state index is 5.42. The van der Waals surface area contributed by atoms with E-state index < -0.39 is 0 Å². The second-order valence-electron chi connectivity index (χ2n) is 3.08. The number of hydrogen-bond donors (Lipinski definition) is 0. The normalized spacial score (nSPS) is 13.2. The predicted molar refractivity (Wildman–Crippen MR) is 47.0 cm³/mol. The van der Waals surface area contributed by atoms with E-state index in [4.69, 9.17) is 4.42 Å². The summed E-state index contributed by atoms with van der Waals surface area (Å²) in [6, 6.07) is 0. The van der Waals surface area contributed by atoms with E-state index in [0.29, 0.717) is 5.92 Å². The number of aromatic nitrogens is 2. The Bertz CT molecular complexity index is 232. The molecule has 1 aromatic heterocycles. The van der Waals surface area contributed by atoms with Crippen LogP contribution in [0.25, 0.3) is 0 Å². The summed E-state index contributed by atoms with van der Waals surface area (Å²) in [5.41, 5.74) is 0. The molecule has 0 amide bonds. The Morgan fingerprint density at radius 1 is 1.33 bits per heavy atom. The Morgan fingerprint density at radius 3 is 2.58 bits per heavy atom. The summed E-state index contributed by atoms with van der Waals surface area (Å²) in [5.74, 6) is 1.93. The van der Waals surface area contributed by atoms with Crippen molar-refractivity contribution in [1.82, 2.24) is 10.2 Å². The van der Waals surface area contributed by atoms with Crippen LogP contribution in [0.2, 0.25) is 0 Å². The summed E-state index contributed by atoms with van der Waals surface area (Å²) >= 11 is 0. The van der Waals surface area contributed by atoms with E-state index in [1.807, 2.05) is 6.92 Å². The third-order valence-corrected chi connectivity index (χ3v) is 1.93. The molecule has 0 fully saturated rings. The topological polar surface area (TPSA) is 38.9 Å². The standard InChI is InChI=1S/C9H16N2O/c1-4-6-7(3)9-11-10-8(5-2)12-9/h7H,4-6H2,1-3H3. The lowest BCUT2D eigenvalue weighted by atomic mass is 10.1. The lowest BCUT2D eigenvalue weighted by Crippen LogP contribution is -1.92. The third kappa shape index (κ3) is 2.06. The summed E-state index contributed by atoms with van der Waals surface area (Å²) in [5, 5.41) is 7.91. The van der Waals surface area contributed by atoms with E-state index in [2.05, 4.69) is 24.0 Å². The van der Waals surface area contributed by atoms with Gasteiger partial charge in [0.2, 0.25) is 11.8 Å². The summed E-state index contributed by atoms with van der Waals surface area (Å²) < 4.78 is 5.42. The van der Waals surface area contributed by atoms with Crippen LogP contribution in [0.1, 0.15) is 51.3 Å². The molecule has 0 saturated heterocycles. The third-order valence-electron chi connectivity index (χ3n) is 1.93. The van der Waals surface area contributed by atoms with Crippen LogP contribution in [0.15, 0.2) is 4.42 Å². The van der Waals surface area contributed by atoms with Crippen LogP contribution in [-0.2, 0) is 6.42 Å². The monoisotopic (exact) mass is 168 g/mol. The summed E-state index contributed by atoms with van der Waals surface area (Å²) in [6.07, 6.45) is 3.10. The zero-order valence-electron chi connectivity index (χ0n) is 8.00. The van der Waals surface area contributed by atoms with Crippen molar-refractivity contribution < 1.29 is 4.42 Å². The van der Waals surface area contributed by atoms with E-state index in [0.717, 1.165) is 31.0 Å². The first-order valence-corrected chi connectivity index (χ1v) is 4.60. The fraction of sp³-hybridized carbons (Fsp3) is 0.778. The molecule has 0 N–H and O–H groups in total. The van der Waals surface area contributed by atoms with E-state index in [1.54, 1.807) is 0 Å². The molecule has 0 aliphatic rings. The Balaban J connectivity index is 2.61. The van der Waals surface area contributed by atoms with Gasteiger partial charge < -0.3 is 4.42 Å². The highest BCUT2D eigenvalue weighted by Gasteiger charge is 2.11. The van der Waals surface area contributed by atoms with Gasteiger partial charge in [-0.2, -0.15) is 0 Å². The molecule has 0 aliphatic heterocycles. The molecule has 0 radical (unpaired) electrons. The Kier molecular flexibility index (Phi) is 3.26. The molecular formula is C9H16N2O. The highest BCUT2D eigenvalue weighted by molar-refractivity contribution is 4.88. The van der Waals surface area contributed by atoms with Crippen LogP contribution in [0.4, 0.5) is 0 Å². The van der Waals surface area contributed by atoms with Crippen LogP contribution < -0.4 is 0 Å². The number of nitrogens with zero attached hydrogens (tertiary/aromatic N) is 2. The summed E-state index contributed by atoms with van der Waals surface area (Å²) in [6.45, 7) is 6.30. The van der Waals surface area contributed by atoms with Crippen LogP contribution in [-0.4, -0.2) is 10.2 Å². The minimum atomic E-state index is 0.405. The largest absolute Gasteiger partial charge is 0.425 e. The summed E-state index contributed by atoms with van der Waals surface area (Å²) in [7, 11) is 0. The van der Waals surface area contributed by atoms with Crippen molar-refractivity contribution in [3.05, 3.63) is 11.8 Å². The molecule has 3 heteroatoms. The first-order valence-electron chi connectivity index (χ1n) is 4.60. The lowest BCUT2D eigenvalue weighted by molar-refractivity contribution is 0.416. The van der Waals surface area contributed by atoms with Gasteiger partial charge in [-0.1, -0.05) is 27.2 Å². The van der Waals surface area contributed by atoms with Gasteiger partial charge in [0, 0.05) is 12.3 Å². The van der Waals surface area contributed by atoms with Crippen molar-refractivity contribution in [2.75, 3.05) is 0 Å². The molecular weight excluding hydrogens is 152 g/mol. The fourth-order valence-electron chi connectivity index (χ4n) is 1.17. The molecule has 1 atom stereocenters. The van der Waals surface area contributed by atoms with E-state index >= 15 is 0 Å². The molecule has 1 unspecified atom stereocenters.